The number of aldehydes is 1. The number of rotatable bonds is 12. The van der Waals surface area contributed by atoms with Crippen molar-refractivity contribution in [2.75, 3.05) is 0 Å². The Morgan fingerprint density at radius 1 is 1.00 bits per heavy atom. The van der Waals surface area contributed by atoms with Gasteiger partial charge < -0.3 is 4.79 Å². The van der Waals surface area contributed by atoms with Crippen molar-refractivity contribution in [3.8, 4) is 0 Å². The maximum atomic E-state index is 10.2. The van der Waals surface area contributed by atoms with Gasteiger partial charge in [0.25, 0.3) is 0 Å². The van der Waals surface area contributed by atoms with E-state index >= 15 is 0 Å². The molecular weight excluding hydrogens is 292 g/mol. The lowest BCUT2D eigenvalue weighted by Gasteiger charge is -2.17. The molecule has 0 saturated carbocycles. The number of carbonyl (C=O) groups excluding carboxylic acids is 1. The van der Waals surface area contributed by atoms with Gasteiger partial charge in [-0.2, -0.15) is 0 Å². The first-order chi connectivity index (χ1) is 11.6. The molecule has 0 heterocycles. The fourth-order valence-electron chi connectivity index (χ4n) is 3.53. The van der Waals surface area contributed by atoms with Crippen molar-refractivity contribution in [2.45, 2.75) is 85.0 Å². The molecule has 0 amide bonds. The summed E-state index contributed by atoms with van der Waals surface area (Å²) in [5, 5.41) is 0. The summed E-state index contributed by atoms with van der Waals surface area (Å²) in [6.45, 7) is 6.87. The van der Waals surface area contributed by atoms with E-state index in [4.69, 9.17) is 0 Å². The summed E-state index contributed by atoms with van der Waals surface area (Å²) < 4.78 is 0. The van der Waals surface area contributed by atoms with E-state index in [1.807, 2.05) is 0 Å². The summed E-state index contributed by atoms with van der Waals surface area (Å²) in [6.07, 6.45) is 25.2. The Morgan fingerprint density at radius 3 is 2.38 bits per heavy atom. The predicted molar refractivity (Wildman–Crippen MR) is 106 cm³/mol. The molecule has 0 bridgehead atoms. The molecule has 1 nitrogen and oxygen atoms in total. The van der Waals surface area contributed by atoms with Gasteiger partial charge in [-0.25, -0.2) is 0 Å². The fourth-order valence-corrected chi connectivity index (χ4v) is 3.53. The molecule has 24 heavy (non-hydrogen) atoms. The molecule has 1 heteroatoms. The summed E-state index contributed by atoms with van der Waals surface area (Å²) in [5.74, 6) is 1.96. The van der Waals surface area contributed by atoms with Crippen LogP contribution >= 0.6 is 0 Å². The maximum Gasteiger partial charge on any atom is 0.119 e. The van der Waals surface area contributed by atoms with E-state index < -0.39 is 0 Å². The van der Waals surface area contributed by atoms with Crippen LogP contribution in [0.3, 0.4) is 0 Å². The van der Waals surface area contributed by atoms with E-state index in [2.05, 4.69) is 51.2 Å². The zero-order valence-electron chi connectivity index (χ0n) is 16.2. The standard InChI is InChI=1S/C23H38O/c1-20(12-10-8-6-4-5-7-9-11-17-24)19-23-15-13-21(2)18-22(3)14-16-23/h13-18,20-21,23H,4-12,19H2,1-3H3/b15-13-,16-14?,22-18?/t20-,21+,23?/m0/s1. The first kappa shape index (κ1) is 20.9. The smallest absolute Gasteiger partial charge is 0.119 e. The second kappa shape index (κ2) is 13.2. The SMILES string of the molecule is CC1=C[C@H](C)/C=C\C(C[C@@H](C)CCCCCCCCCC=O)C=C1. The van der Waals surface area contributed by atoms with Crippen LogP contribution in [0, 0.1) is 17.8 Å². The highest BCUT2D eigenvalue weighted by molar-refractivity contribution is 5.48. The van der Waals surface area contributed by atoms with Crippen molar-refractivity contribution in [3.05, 3.63) is 36.0 Å². The zero-order chi connectivity index (χ0) is 17.6. The van der Waals surface area contributed by atoms with Crippen LogP contribution in [0.4, 0.5) is 0 Å². The predicted octanol–water partition coefficient (Wildman–Crippen LogP) is 7.05. The lowest BCUT2D eigenvalue weighted by molar-refractivity contribution is -0.107. The molecule has 1 rings (SSSR count). The highest BCUT2D eigenvalue weighted by Gasteiger charge is 2.10. The van der Waals surface area contributed by atoms with Crippen molar-refractivity contribution in [2.24, 2.45) is 17.8 Å². The number of unbranched alkanes of at least 4 members (excludes halogenated alkanes) is 7. The van der Waals surface area contributed by atoms with Gasteiger partial charge in [0.2, 0.25) is 0 Å². The summed E-state index contributed by atoms with van der Waals surface area (Å²) in [6, 6.07) is 0. The molecule has 0 aromatic rings. The van der Waals surface area contributed by atoms with Crippen LogP contribution in [0.15, 0.2) is 36.0 Å². The lowest BCUT2D eigenvalue weighted by atomic mass is 9.89. The molecule has 0 fully saturated rings. The Labute approximate surface area is 150 Å². The number of allylic oxidation sites excluding steroid dienone is 6. The van der Waals surface area contributed by atoms with Gasteiger partial charge in [-0.05, 0) is 37.5 Å². The van der Waals surface area contributed by atoms with Crippen LogP contribution in [0.2, 0.25) is 0 Å². The monoisotopic (exact) mass is 330 g/mol. The Bertz CT molecular complexity index is 416. The third-order valence-electron chi connectivity index (χ3n) is 4.99. The van der Waals surface area contributed by atoms with E-state index in [1.165, 1.54) is 56.9 Å². The largest absolute Gasteiger partial charge is 0.303 e. The summed E-state index contributed by atoms with van der Waals surface area (Å²) >= 11 is 0. The molecule has 0 aromatic carbocycles. The van der Waals surface area contributed by atoms with Crippen LogP contribution in [-0.2, 0) is 4.79 Å². The summed E-state index contributed by atoms with van der Waals surface area (Å²) in [5.41, 5.74) is 1.39. The second-order valence-electron chi connectivity index (χ2n) is 7.74. The van der Waals surface area contributed by atoms with E-state index in [0.717, 1.165) is 25.0 Å². The van der Waals surface area contributed by atoms with Crippen molar-refractivity contribution in [3.63, 3.8) is 0 Å². The molecule has 0 saturated heterocycles. The third-order valence-corrected chi connectivity index (χ3v) is 4.99. The van der Waals surface area contributed by atoms with Crippen molar-refractivity contribution in [1.29, 1.82) is 0 Å². The minimum Gasteiger partial charge on any atom is -0.303 e. The Kier molecular flexibility index (Phi) is 11.5. The minimum atomic E-state index is 0.555. The number of hydrogen-bond donors (Lipinski definition) is 0. The average Bonchev–Trinajstić information content (AvgIpc) is 2.54. The van der Waals surface area contributed by atoms with Gasteiger partial charge in [0.05, 0.1) is 0 Å². The van der Waals surface area contributed by atoms with Gasteiger partial charge in [-0.15, -0.1) is 0 Å². The topological polar surface area (TPSA) is 17.1 Å². The molecule has 1 unspecified atom stereocenters. The van der Waals surface area contributed by atoms with Crippen LogP contribution in [-0.4, -0.2) is 6.29 Å². The Balaban J connectivity index is 2.11. The van der Waals surface area contributed by atoms with Crippen LogP contribution < -0.4 is 0 Å². The fraction of sp³-hybridized carbons (Fsp3) is 0.696. The van der Waals surface area contributed by atoms with Gasteiger partial charge in [0.1, 0.15) is 6.29 Å². The Morgan fingerprint density at radius 2 is 1.67 bits per heavy atom. The summed E-state index contributed by atoms with van der Waals surface area (Å²) in [7, 11) is 0. The quantitative estimate of drug-likeness (QED) is 0.213. The van der Waals surface area contributed by atoms with Crippen LogP contribution in [0.1, 0.15) is 85.0 Å². The zero-order valence-corrected chi connectivity index (χ0v) is 16.2. The highest BCUT2D eigenvalue weighted by atomic mass is 16.1. The van der Waals surface area contributed by atoms with Crippen molar-refractivity contribution in [1.82, 2.24) is 0 Å². The highest BCUT2D eigenvalue weighted by Crippen LogP contribution is 2.23. The third kappa shape index (κ3) is 10.6. The van der Waals surface area contributed by atoms with Crippen molar-refractivity contribution >= 4 is 6.29 Å². The molecular formula is C23H38O. The van der Waals surface area contributed by atoms with Crippen LogP contribution in [0.5, 0.6) is 0 Å². The van der Waals surface area contributed by atoms with Gasteiger partial charge in [0.15, 0.2) is 0 Å². The van der Waals surface area contributed by atoms with E-state index in [-0.39, 0.29) is 0 Å². The molecule has 136 valence electrons. The molecule has 0 spiro atoms. The van der Waals surface area contributed by atoms with Crippen molar-refractivity contribution < 1.29 is 4.79 Å². The maximum absolute atomic E-state index is 10.2. The number of carbonyl (C=O) groups is 1. The molecule has 3 atom stereocenters. The second-order valence-corrected chi connectivity index (χ2v) is 7.74. The lowest BCUT2D eigenvalue weighted by Crippen LogP contribution is -2.04. The molecule has 0 radical (unpaired) electrons. The molecule has 0 aliphatic heterocycles. The van der Waals surface area contributed by atoms with Crippen LogP contribution in [0.25, 0.3) is 0 Å². The number of hydrogen-bond acceptors (Lipinski definition) is 1. The first-order valence-corrected chi connectivity index (χ1v) is 10.1. The van der Waals surface area contributed by atoms with E-state index in [0.29, 0.717) is 11.8 Å². The molecule has 0 N–H and O–H groups in total. The molecule has 0 aromatic heterocycles. The Hall–Kier alpha value is -1.11. The van der Waals surface area contributed by atoms with E-state index in [9.17, 15) is 4.79 Å². The van der Waals surface area contributed by atoms with Gasteiger partial charge >= 0.3 is 0 Å². The van der Waals surface area contributed by atoms with Gasteiger partial charge in [0, 0.05) is 6.42 Å². The summed E-state index contributed by atoms with van der Waals surface area (Å²) in [4.78, 5) is 10.2. The minimum absolute atomic E-state index is 0.555. The normalized spacial score (nSPS) is 23.2. The average molecular weight is 331 g/mol. The van der Waals surface area contributed by atoms with Gasteiger partial charge in [-0.1, -0.05) is 94.7 Å². The molecule has 1 aliphatic rings. The van der Waals surface area contributed by atoms with E-state index in [1.54, 1.807) is 0 Å². The van der Waals surface area contributed by atoms with Gasteiger partial charge in [-0.3, -0.25) is 0 Å². The first-order valence-electron chi connectivity index (χ1n) is 10.1. The molecule has 1 aliphatic carbocycles.